The van der Waals surface area contributed by atoms with E-state index in [4.69, 9.17) is 4.74 Å². The number of benzene rings is 1. The topological polar surface area (TPSA) is 62.7 Å². The normalized spacial score (nSPS) is 23.8. The Morgan fingerprint density at radius 2 is 1.77 bits per heavy atom. The molecular weight excluding hydrogens is 473 g/mol. The highest BCUT2D eigenvalue weighted by Crippen LogP contribution is 2.48. The zero-order chi connectivity index (χ0) is 25.1. The molecule has 0 saturated carbocycles. The molecule has 3 saturated heterocycles. The van der Waals surface area contributed by atoms with Crippen LogP contribution in [0.3, 0.4) is 0 Å². The van der Waals surface area contributed by atoms with Crippen LogP contribution < -0.4 is 0 Å². The van der Waals surface area contributed by atoms with E-state index in [1.165, 1.54) is 21.9 Å². The Bertz CT molecular complexity index is 1170. The molecule has 3 fully saturated rings. The van der Waals surface area contributed by atoms with Crippen molar-refractivity contribution in [1.29, 1.82) is 0 Å². The second kappa shape index (κ2) is 8.25. The van der Waals surface area contributed by atoms with Crippen LogP contribution in [0.2, 0.25) is 0 Å². The molecule has 5 rings (SSSR count). The van der Waals surface area contributed by atoms with E-state index in [9.17, 15) is 31.5 Å². The largest absolute Gasteiger partial charge is 0.342 e. The average Bonchev–Trinajstić information content (AvgIpc) is 3.31. The van der Waals surface area contributed by atoms with Crippen LogP contribution in [0.1, 0.15) is 60.3 Å². The molecule has 3 aliphatic rings. The van der Waals surface area contributed by atoms with Gasteiger partial charge in [0.1, 0.15) is 23.6 Å². The van der Waals surface area contributed by atoms with Crippen LogP contribution in [-0.2, 0) is 15.5 Å². The Hall–Kier alpha value is -3.08. The van der Waals surface area contributed by atoms with E-state index in [1.807, 2.05) is 0 Å². The first-order valence-electron chi connectivity index (χ1n) is 11.3. The number of ether oxygens (including phenoxy) is 1. The second-order valence-electron chi connectivity index (χ2n) is 9.28. The van der Waals surface area contributed by atoms with Gasteiger partial charge in [0.15, 0.2) is 11.4 Å². The lowest BCUT2D eigenvalue weighted by Gasteiger charge is -2.37. The fourth-order valence-electron chi connectivity index (χ4n) is 5.30. The third-order valence-corrected chi connectivity index (χ3v) is 6.98. The minimum atomic E-state index is -3.55. The van der Waals surface area contributed by atoms with Gasteiger partial charge in [0, 0.05) is 45.1 Å². The Morgan fingerprint density at radius 1 is 1.11 bits per heavy atom. The number of hydrogen-bond donors (Lipinski definition) is 0. The molecule has 3 aliphatic heterocycles. The van der Waals surface area contributed by atoms with Crippen LogP contribution in [0, 0.1) is 17.5 Å². The number of hydrogen-bond acceptors (Lipinski definition) is 4. The fraction of sp³-hybridized carbons (Fsp3) is 0.458. The number of rotatable bonds is 3. The fourth-order valence-corrected chi connectivity index (χ4v) is 5.30. The Kier molecular flexibility index (Phi) is 5.58. The van der Waals surface area contributed by atoms with Crippen molar-refractivity contribution in [3.8, 4) is 0 Å². The van der Waals surface area contributed by atoms with E-state index >= 15 is 0 Å². The minimum Gasteiger partial charge on any atom is -0.342 e. The molecule has 0 unspecified atom stereocenters. The number of pyridine rings is 1. The summed E-state index contributed by atoms with van der Waals surface area (Å²) in [4.78, 5) is 32.5. The summed E-state index contributed by atoms with van der Waals surface area (Å²) in [6, 6.07) is 3.69. The number of likely N-dealkylation sites (tertiary alicyclic amines) is 1. The third-order valence-electron chi connectivity index (χ3n) is 6.98. The van der Waals surface area contributed by atoms with Crippen LogP contribution >= 0.6 is 0 Å². The molecule has 0 aliphatic carbocycles. The van der Waals surface area contributed by atoms with Crippen LogP contribution in [-0.4, -0.2) is 51.5 Å². The van der Waals surface area contributed by atoms with Gasteiger partial charge in [0.2, 0.25) is 0 Å². The molecule has 6 nitrogen and oxygen atoms in total. The van der Waals surface area contributed by atoms with Crippen LogP contribution in [0.5, 0.6) is 0 Å². The van der Waals surface area contributed by atoms with Crippen molar-refractivity contribution in [3.63, 3.8) is 0 Å². The zero-order valence-electron chi connectivity index (χ0n) is 18.7. The van der Waals surface area contributed by atoms with Gasteiger partial charge in [-0.25, -0.2) is 13.2 Å². The first-order chi connectivity index (χ1) is 16.5. The summed E-state index contributed by atoms with van der Waals surface area (Å²) >= 11 is 0. The third kappa shape index (κ3) is 3.95. The maximum absolute atomic E-state index is 14.6. The summed E-state index contributed by atoms with van der Waals surface area (Å²) in [5, 5.41) is 0. The van der Waals surface area contributed by atoms with E-state index in [-0.39, 0.29) is 31.8 Å². The SMILES string of the molecule is CC(F)(F)c1nccc(C(=O)N2CCC3(CC2)O[C@@H]2CC[C@@H](c4cc(F)cc(F)c4)N2C3=O)c1F. The number of carbonyl (C=O) groups is 2. The first-order valence-corrected chi connectivity index (χ1v) is 11.3. The van der Waals surface area contributed by atoms with Crippen molar-refractivity contribution in [1.82, 2.24) is 14.8 Å². The predicted octanol–water partition coefficient (Wildman–Crippen LogP) is 4.31. The van der Waals surface area contributed by atoms with Gasteiger partial charge in [0.05, 0.1) is 11.6 Å². The van der Waals surface area contributed by atoms with E-state index in [2.05, 4.69) is 4.98 Å². The number of amides is 2. The van der Waals surface area contributed by atoms with Gasteiger partial charge in [-0.3, -0.25) is 14.6 Å². The highest BCUT2D eigenvalue weighted by molar-refractivity contribution is 5.95. The summed E-state index contributed by atoms with van der Waals surface area (Å²) in [6.07, 6.45) is 1.65. The number of piperidine rings is 1. The van der Waals surface area contributed by atoms with Crippen LogP contribution in [0.25, 0.3) is 0 Å². The lowest BCUT2D eigenvalue weighted by molar-refractivity contribution is -0.142. The molecule has 2 aromatic rings. The summed E-state index contributed by atoms with van der Waals surface area (Å²) in [7, 11) is 0. The maximum Gasteiger partial charge on any atom is 0.289 e. The molecule has 2 amide bonds. The van der Waals surface area contributed by atoms with Gasteiger partial charge in [-0.2, -0.15) is 8.78 Å². The molecule has 2 atom stereocenters. The van der Waals surface area contributed by atoms with Gasteiger partial charge in [0.25, 0.3) is 17.7 Å². The molecule has 35 heavy (non-hydrogen) atoms. The Morgan fingerprint density at radius 3 is 2.40 bits per heavy atom. The average molecular weight is 495 g/mol. The zero-order valence-corrected chi connectivity index (χ0v) is 18.7. The quantitative estimate of drug-likeness (QED) is 0.596. The Balaban J connectivity index is 1.32. The molecule has 0 bridgehead atoms. The van der Waals surface area contributed by atoms with Crippen LogP contribution in [0.15, 0.2) is 30.5 Å². The number of fused-ring (bicyclic) bond motifs is 1. The first kappa shape index (κ1) is 23.7. The molecule has 0 radical (unpaired) electrons. The highest BCUT2D eigenvalue weighted by atomic mass is 19.3. The van der Waals surface area contributed by atoms with Crippen LogP contribution in [0.4, 0.5) is 22.0 Å². The summed E-state index contributed by atoms with van der Waals surface area (Å²) < 4.78 is 75.5. The molecule has 1 aromatic carbocycles. The highest BCUT2D eigenvalue weighted by Gasteiger charge is 2.58. The monoisotopic (exact) mass is 495 g/mol. The standard InChI is InChI=1S/C24H22F5N3O3/c1-23(28,29)20-19(27)16(4-7-30-20)21(33)31-8-5-24(6-9-31)22(34)32-17(2-3-18(32)35-24)13-10-14(25)12-15(26)11-13/h4,7,10-12,17-18H,2-3,5-6,8-9H2,1H3/t17-,18+/m0/s1. The summed E-state index contributed by atoms with van der Waals surface area (Å²) in [6.45, 7) is 0.589. The molecular formula is C24H22F5N3O3. The van der Waals surface area contributed by atoms with E-state index in [1.54, 1.807) is 0 Å². The van der Waals surface area contributed by atoms with Gasteiger partial charge in [-0.1, -0.05) is 0 Å². The van der Waals surface area contributed by atoms with Crippen molar-refractivity contribution < 1.29 is 36.3 Å². The van der Waals surface area contributed by atoms with Crippen molar-refractivity contribution in [2.45, 2.75) is 56.4 Å². The van der Waals surface area contributed by atoms with Gasteiger partial charge < -0.3 is 14.5 Å². The van der Waals surface area contributed by atoms with E-state index in [0.717, 1.165) is 18.3 Å². The van der Waals surface area contributed by atoms with Crippen molar-refractivity contribution >= 4 is 11.8 Å². The van der Waals surface area contributed by atoms with E-state index in [0.29, 0.717) is 25.3 Å². The lowest BCUT2D eigenvalue weighted by Crippen LogP contribution is -2.51. The predicted molar refractivity (Wildman–Crippen MR) is 112 cm³/mol. The van der Waals surface area contributed by atoms with Crippen molar-refractivity contribution in [2.24, 2.45) is 0 Å². The smallest absolute Gasteiger partial charge is 0.289 e. The molecule has 11 heteroatoms. The number of alkyl halides is 2. The van der Waals surface area contributed by atoms with Crippen molar-refractivity contribution in [3.05, 3.63) is 64.7 Å². The number of halogens is 5. The van der Waals surface area contributed by atoms with Crippen molar-refractivity contribution in [2.75, 3.05) is 13.1 Å². The number of carbonyl (C=O) groups excluding carboxylic acids is 2. The van der Waals surface area contributed by atoms with E-state index < -0.39 is 58.4 Å². The molecule has 4 heterocycles. The molecule has 1 spiro atoms. The Labute approximate surface area is 197 Å². The van der Waals surface area contributed by atoms with Gasteiger partial charge >= 0.3 is 0 Å². The summed E-state index contributed by atoms with van der Waals surface area (Å²) in [5.74, 6) is -7.47. The van der Waals surface area contributed by atoms with Gasteiger partial charge in [-0.05, 0) is 36.6 Å². The maximum atomic E-state index is 14.6. The molecule has 0 N–H and O–H groups in total. The lowest BCUT2D eigenvalue weighted by atomic mass is 9.89. The van der Waals surface area contributed by atoms with Gasteiger partial charge in [-0.15, -0.1) is 0 Å². The summed E-state index contributed by atoms with van der Waals surface area (Å²) in [5.41, 5.74) is -2.47. The molecule has 1 aromatic heterocycles. The number of aromatic nitrogens is 1. The molecule has 186 valence electrons. The number of nitrogens with zero attached hydrogens (tertiary/aromatic N) is 3. The second-order valence-corrected chi connectivity index (χ2v) is 9.28. The minimum absolute atomic E-state index is 0.0456.